The number of hydrogen-bond donors (Lipinski definition) is 0. The van der Waals surface area contributed by atoms with E-state index in [4.69, 9.17) is 9.47 Å². The van der Waals surface area contributed by atoms with Gasteiger partial charge in [-0.2, -0.15) is 5.10 Å². The molecule has 0 atom stereocenters. The third-order valence-electron chi connectivity index (χ3n) is 4.00. The van der Waals surface area contributed by atoms with Crippen molar-refractivity contribution in [1.82, 2.24) is 20.0 Å². The van der Waals surface area contributed by atoms with Crippen LogP contribution >= 0.6 is 0 Å². The van der Waals surface area contributed by atoms with Gasteiger partial charge in [-0.1, -0.05) is 0 Å². The smallest absolute Gasteiger partial charge is 0.175 e. The minimum atomic E-state index is 0.320. The number of piperidine rings is 1. The molecule has 3 heterocycles. The number of rotatable bonds is 6. The van der Waals surface area contributed by atoms with Crippen LogP contribution in [-0.2, 0) is 9.47 Å². The number of nitrogens with zero attached hydrogens (tertiary/aromatic N) is 5. The lowest BCUT2D eigenvalue weighted by atomic mass is 10.1. The van der Waals surface area contributed by atoms with Crippen molar-refractivity contribution in [2.24, 2.45) is 0 Å². The fourth-order valence-electron chi connectivity index (χ4n) is 2.70. The molecule has 2 aromatic rings. The summed E-state index contributed by atoms with van der Waals surface area (Å²) in [6.07, 6.45) is 4.22. The van der Waals surface area contributed by atoms with Crippen molar-refractivity contribution in [3.05, 3.63) is 30.1 Å². The van der Waals surface area contributed by atoms with Crippen molar-refractivity contribution in [2.45, 2.75) is 25.9 Å². The molecule has 1 saturated heterocycles. The fraction of sp³-hybridized carbons (Fsp3) is 0.562. The quantitative estimate of drug-likeness (QED) is 0.754. The molecular formula is C16H23N5O2. The molecule has 1 aliphatic heterocycles. The van der Waals surface area contributed by atoms with E-state index in [0.29, 0.717) is 19.3 Å². The summed E-state index contributed by atoms with van der Waals surface area (Å²) in [5.41, 5.74) is 0.964. The van der Waals surface area contributed by atoms with E-state index >= 15 is 0 Å². The first kappa shape index (κ1) is 15.9. The monoisotopic (exact) mass is 317 g/mol. The second-order valence-corrected chi connectivity index (χ2v) is 5.70. The summed E-state index contributed by atoms with van der Waals surface area (Å²) in [5.74, 6) is 1.65. The van der Waals surface area contributed by atoms with Gasteiger partial charge in [0.15, 0.2) is 11.6 Å². The second kappa shape index (κ2) is 7.52. The lowest BCUT2D eigenvalue weighted by Gasteiger charge is -2.32. The summed E-state index contributed by atoms with van der Waals surface area (Å²) in [7, 11) is 1.69. The van der Waals surface area contributed by atoms with E-state index in [1.807, 2.05) is 31.3 Å². The summed E-state index contributed by atoms with van der Waals surface area (Å²) in [6, 6.07) is 5.91. The summed E-state index contributed by atoms with van der Waals surface area (Å²) in [6.45, 7) is 5.15. The second-order valence-electron chi connectivity index (χ2n) is 5.70. The van der Waals surface area contributed by atoms with Gasteiger partial charge in [-0.15, -0.1) is 10.2 Å². The molecule has 1 fully saturated rings. The molecule has 3 rings (SSSR count). The van der Waals surface area contributed by atoms with Crippen LogP contribution in [0.4, 0.5) is 5.82 Å². The van der Waals surface area contributed by atoms with Crippen LogP contribution in [-0.4, -0.2) is 59.5 Å². The molecule has 0 N–H and O–H groups in total. The van der Waals surface area contributed by atoms with Gasteiger partial charge in [0, 0.05) is 26.4 Å². The third kappa shape index (κ3) is 4.05. The standard InChI is InChI=1S/C16H23N5O2/c1-13-5-10-21(19-13)16-4-3-15(17-18-16)20-8-6-14(7-9-20)23-12-11-22-2/h3-5,10,14H,6-9,11-12H2,1-2H3. The van der Waals surface area contributed by atoms with Gasteiger partial charge in [0.2, 0.25) is 0 Å². The van der Waals surface area contributed by atoms with E-state index in [-0.39, 0.29) is 0 Å². The van der Waals surface area contributed by atoms with Gasteiger partial charge >= 0.3 is 0 Å². The lowest BCUT2D eigenvalue weighted by molar-refractivity contribution is 0.00603. The largest absolute Gasteiger partial charge is 0.382 e. The van der Waals surface area contributed by atoms with Crippen LogP contribution in [0.1, 0.15) is 18.5 Å². The molecule has 2 aromatic heterocycles. The molecule has 0 aromatic carbocycles. The van der Waals surface area contributed by atoms with Crippen molar-refractivity contribution in [2.75, 3.05) is 38.3 Å². The highest BCUT2D eigenvalue weighted by molar-refractivity contribution is 5.40. The Morgan fingerprint density at radius 3 is 2.43 bits per heavy atom. The maximum absolute atomic E-state index is 5.79. The predicted molar refractivity (Wildman–Crippen MR) is 87.0 cm³/mol. The maximum atomic E-state index is 5.79. The Labute approximate surface area is 136 Å². The number of ether oxygens (including phenoxy) is 2. The molecule has 0 aliphatic carbocycles. The highest BCUT2D eigenvalue weighted by atomic mass is 16.5. The molecule has 0 bridgehead atoms. The predicted octanol–water partition coefficient (Wildman–Crippen LogP) is 1.60. The fourth-order valence-corrected chi connectivity index (χ4v) is 2.70. The number of hydrogen-bond acceptors (Lipinski definition) is 6. The highest BCUT2D eigenvalue weighted by Crippen LogP contribution is 2.19. The summed E-state index contributed by atoms with van der Waals surface area (Å²) >= 11 is 0. The minimum Gasteiger partial charge on any atom is -0.382 e. The van der Waals surface area contributed by atoms with Crippen LogP contribution in [0.3, 0.4) is 0 Å². The van der Waals surface area contributed by atoms with Gasteiger partial charge in [-0.25, -0.2) is 4.68 Å². The Morgan fingerprint density at radius 1 is 1.09 bits per heavy atom. The number of methoxy groups -OCH3 is 1. The summed E-state index contributed by atoms with van der Waals surface area (Å²) in [5, 5.41) is 13.0. The van der Waals surface area contributed by atoms with E-state index < -0.39 is 0 Å². The molecular weight excluding hydrogens is 294 g/mol. The van der Waals surface area contributed by atoms with Gasteiger partial charge < -0.3 is 14.4 Å². The van der Waals surface area contributed by atoms with Crippen LogP contribution in [0.25, 0.3) is 5.82 Å². The molecule has 0 saturated carbocycles. The average Bonchev–Trinajstić information content (AvgIpc) is 3.02. The Bertz CT molecular complexity index is 605. The molecule has 0 radical (unpaired) electrons. The Morgan fingerprint density at radius 2 is 1.83 bits per heavy atom. The lowest BCUT2D eigenvalue weighted by Crippen LogP contribution is -2.38. The summed E-state index contributed by atoms with van der Waals surface area (Å²) in [4.78, 5) is 2.25. The first-order valence-corrected chi connectivity index (χ1v) is 7.98. The highest BCUT2D eigenvalue weighted by Gasteiger charge is 2.20. The topological polar surface area (TPSA) is 65.3 Å². The van der Waals surface area contributed by atoms with Gasteiger partial charge in [0.25, 0.3) is 0 Å². The molecule has 124 valence electrons. The van der Waals surface area contributed by atoms with Crippen molar-refractivity contribution in [1.29, 1.82) is 0 Å². The maximum Gasteiger partial charge on any atom is 0.175 e. The van der Waals surface area contributed by atoms with E-state index in [9.17, 15) is 0 Å². The van der Waals surface area contributed by atoms with Crippen LogP contribution in [0.2, 0.25) is 0 Å². The minimum absolute atomic E-state index is 0.320. The molecule has 7 nitrogen and oxygen atoms in total. The van der Waals surface area contributed by atoms with Gasteiger partial charge in [-0.05, 0) is 38.0 Å². The Balaban J connectivity index is 1.54. The van der Waals surface area contributed by atoms with Crippen molar-refractivity contribution in [3.63, 3.8) is 0 Å². The molecule has 7 heteroatoms. The SMILES string of the molecule is COCCOC1CCN(c2ccc(-n3ccc(C)n3)nn2)CC1. The molecule has 0 unspecified atom stereocenters. The number of anilines is 1. The van der Waals surface area contributed by atoms with Gasteiger partial charge in [0.1, 0.15) is 0 Å². The van der Waals surface area contributed by atoms with E-state index in [1.165, 1.54) is 0 Å². The average molecular weight is 317 g/mol. The van der Waals surface area contributed by atoms with Crippen LogP contribution in [0.5, 0.6) is 0 Å². The number of aryl methyl sites for hydroxylation is 1. The van der Waals surface area contributed by atoms with E-state index in [0.717, 1.165) is 43.3 Å². The molecule has 1 aliphatic rings. The zero-order chi connectivity index (χ0) is 16.1. The zero-order valence-electron chi connectivity index (χ0n) is 13.7. The van der Waals surface area contributed by atoms with Crippen molar-refractivity contribution >= 4 is 5.82 Å². The third-order valence-corrected chi connectivity index (χ3v) is 4.00. The Kier molecular flexibility index (Phi) is 5.19. The van der Waals surface area contributed by atoms with E-state index in [2.05, 4.69) is 20.2 Å². The zero-order valence-corrected chi connectivity index (χ0v) is 13.7. The number of aromatic nitrogens is 4. The summed E-state index contributed by atoms with van der Waals surface area (Å²) < 4.78 is 12.5. The first-order chi connectivity index (χ1) is 11.3. The van der Waals surface area contributed by atoms with Crippen molar-refractivity contribution < 1.29 is 9.47 Å². The van der Waals surface area contributed by atoms with Gasteiger partial charge in [-0.3, -0.25) is 0 Å². The van der Waals surface area contributed by atoms with Gasteiger partial charge in [0.05, 0.1) is 25.0 Å². The first-order valence-electron chi connectivity index (χ1n) is 7.98. The van der Waals surface area contributed by atoms with Crippen LogP contribution in [0, 0.1) is 6.92 Å². The molecule has 0 spiro atoms. The normalized spacial score (nSPS) is 16.0. The van der Waals surface area contributed by atoms with Crippen LogP contribution < -0.4 is 4.90 Å². The Hall–Kier alpha value is -1.99. The molecule has 23 heavy (non-hydrogen) atoms. The van der Waals surface area contributed by atoms with Crippen molar-refractivity contribution in [3.8, 4) is 5.82 Å². The molecule has 0 amide bonds. The van der Waals surface area contributed by atoms with Crippen LogP contribution in [0.15, 0.2) is 24.4 Å². The van der Waals surface area contributed by atoms with E-state index in [1.54, 1.807) is 11.8 Å².